The number of pyridine rings is 1. The van der Waals surface area contributed by atoms with Gasteiger partial charge >= 0.3 is 0 Å². The van der Waals surface area contributed by atoms with E-state index in [1.807, 2.05) is 24.3 Å². The normalized spacial score (nSPS) is 15.1. The Labute approximate surface area is 117 Å². The number of anilines is 1. The Morgan fingerprint density at radius 3 is 2.30 bits per heavy atom. The minimum atomic E-state index is -2.53. The predicted molar refractivity (Wildman–Crippen MR) is 76.1 cm³/mol. The lowest BCUT2D eigenvalue weighted by atomic mass is 10.1. The number of aromatic nitrogens is 1. The lowest BCUT2D eigenvalue weighted by Gasteiger charge is -2.17. The second-order valence-corrected chi connectivity index (χ2v) is 4.99. The molecular weight excluding hydrogens is 258 g/mol. The van der Waals surface area contributed by atoms with Crippen molar-refractivity contribution in [3.05, 3.63) is 48.2 Å². The molecule has 1 aliphatic heterocycles. The topological polar surface area (TPSA) is 16.1 Å². The van der Waals surface area contributed by atoms with Crippen molar-refractivity contribution >= 4 is 5.69 Å². The van der Waals surface area contributed by atoms with Crippen molar-refractivity contribution in [3.8, 4) is 11.3 Å². The summed E-state index contributed by atoms with van der Waals surface area (Å²) in [6.07, 6.45) is -0.0572. The molecular formula is C16H16F2N2. The highest BCUT2D eigenvalue weighted by molar-refractivity contribution is 5.63. The second kappa shape index (κ2) is 5.57. The van der Waals surface area contributed by atoms with Crippen LogP contribution in [0, 0.1) is 0 Å². The van der Waals surface area contributed by atoms with Gasteiger partial charge in [0.05, 0.1) is 5.69 Å². The summed E-state index contributed by atoms with van der Waals surface area (Å²) >= 11 is 0. The van der Waals surface area contributed by atoms with Gasteiger partial charge in [-0.05, 0) is 37.1 Å². The van der Waals surface area contributed by atoms with Crippen LogP contribution in [0.15, 0.2) is 42.5 Å². The van der Waals surface area contributed by atoms with E-state index in [9.17, 15) is 8.78 Å². The maximum atomic E-state index is 12.7. The quantitative estimate of drug-likeness (QED) is 0.830. The molecule has 0 bridgehead atoms. The highest BCUT2D eigenvalue weighted by Crippen LogP contribution is 2.26. The molecule has 1 aliphatic rings. The highest BCUT2D eigenvalue weighted by atomic mass is 19.3. The van der Waals surface area contributed by atoms with Crippen molar-refractivity contribution < 1.29 is 8.78 Å². The lowest BCUT2D eigenvalue weighted by molar-refractivity contribution is 0.146. The molecule has 104 valence electrons. The summed E-state index contributed by atoms with van der Waals surface area (Å²) in [6.45, 7) is 2.19. The minimum Gasteiger partial charge on any atom is -0.372 e. The van der Waals surface area contributed by atoms with Crippen LogP contribution in [0.25, 0.3) is 11.3 Å². The van der Waals surface area contributed by atoms with Gasteiger partial charge in [0.25, 0.3) is 6.43 Å². The zero-order chi connectivity index (χ0) is 13.9. The van der Waals surface area contributed by atoms with E-state index >= 15 is 0 Å². The summed E-state index contributed by atoms with van der Waals surface area (Å²) in [6, 6.07) is 12.7. The van der Waals surface area contributed by atoms with E-state index in [0.29, 0.717) is 5.69 Å². The van der Waals surface area contributed by atoms with Gasteiger partial charge in [-0.2, -0.15) is 0 Å². The van der Waals surface area contributed by atoms with Crippen LogP contribution < -0.4 is 4.90 Å². The van der Waals surface area contributed by atoms with Crippen molar-refractivity contribution in [1.82, 2.24) is 4.98 Å². The minimum absolute atomic E-state index is 0.175. The van der Waals surface area contributed by atoms with Crippen LogP contribution in [-0.4, -0.2) is 18.1 Å². The first kappa shape index (κ1) is 13.0. The van der Waals surface area contributed by atoms with Crippen molar-refractivity contribution in [2.75, 3.05) is 18.0 Å². The summed E-state index contributed by atoms with van der Waals surface area (Å²) in [5.41, 5.74) is 2.48. The van der Waals surface area contributed by atoms with Gasteiger partial charge in [0.1, 0.15) is 5.69 Å². The van der Waals surface area contributed by atoms with E-state index in [0.717, 1.165) is 18.7 Å². The third-order valence-corrected chi connectivity index (χ3v) is 3.63. The van der Waals surface area contributed by atoms with Crippen molar-refractivity contribution in [2.45, 2.75) is 19.3 Å². The highest BCUT2D eigenvalue weighted by Gasteiger charge is 2.13. The molecule has 2 aromatic rings. The molecule has 0 radical (unpaired) electrons. The number of rotatable bonds is 3. The first-order valence-electron chi connectivity index (χ1n) is 6.84. The van der Waals surface area contributed by atoms with Gasteiger partial charge in [0.2, 0.25) is 0 Å². The molecule has 0 saturated carbocycles. The number of alkyl halides is 2. The zero-order valence-electron chi connectivity index (χ0n) is 11.1. The molecule has 1 saturated heterocycles. The molecule has 0 unspecified atom stereocenters. The van der Waals surface area contributed by atoms with Crippen LogP contribution in [-0.2, 0) is 0 Å². The molecule has 0 aliphatic carbocycles. The van der Waals surface area contributed by atoms with E-state index in [1.165, 1.54) is 24.6 Å². The number of nitrogens with zero attached hydrogens (tertiary/aromatic N) is 2. The summed E-state index contributed by atoms with van der Waals surface area (Å²) < 4.78 is 25.3. The fourth-order valence-corrected chi connectivity index (χ4v) is 2.55. The number of benzene rings is 1. The largest absolute Gasteiger partial charge is 0.372 e. The SMILES string of the molecule is FC(F)c1cccc(-c2ccc(N3CCCC3)cc2)n1. The van der Waals surface area contributed by atoms with Gasteiger partial charge in [-0.1, -0.05) is 18.2 Å². The molecule has 1 aromatic carbocycles. The maximum absolute atomic E-state index is 12.7. The Balaban J connectivity index is 1.85. The molecule has 0 amide bonds. The van der Waals surface area contributed by atoms with Crippen LogP contribution in [0.5, 0.6) is 0 Å². The van der Waals surface area contributed by atoms with Crippen LogP contribution in [0.4, 0.5) is 14.5 Å². The van der Waals surface area contributed by atoms with Crippen LogP contribution in [0.2, 0.25) is 0 Å². The zero-order valence-corrected chi connectivity index (χ0v) is 11.1. The predicted octanol–water partition coefficient (Wildman–Crippen LogP) is 4.29. The van der Waals surface area contributed by atoms with Crippen LogP contribution in [0.1, 0.15) is 25.0 Å². The molecule has 0 atom stereocenters. The second-order valence-electron chi connectivity index (χ2n) is 4.99. The molecule has 0 N–H and O–H groups in total. The van der Waals surface area contributed by atoms with E-state index in [1.54, 1.807) is 12.1 Å². The molecule has 20 heavy (non-hydrogen) atoms. The standard InChI is InChI=1S/C16H16F2N2/c17-16(18)15-5-3-4-14(19-15)12-6-8-13(9-7-12)20-10-1-2-11-20/h3-9,16H,1-2,10-11H2. The fourth-order valence-electron chi connectivity index (χ4n) is 2.55. The van der Waals surface area contributed by atoms with Crippen molar-refractivity contribution in [2.24, 2.45) is 0 Å². The van der Waals surface area contributed by atoms with Crippen LogP contribution >= 0.6 is 0 Å². The third-order valence-electron chi connectivity index (χ3n) is 3.63. The molecule has 0 spiro atoms. The van der Waals surface area contributed by atoms with Crippen LogP contribution in [0.3, 0.4) is 0 Å². The number of hydrogen-bond acceptors (Lipinski definition) is 2. The Morgan fingerprint density at radius 2 is 1.65 bits per heavy atom. The summed E-state index contributed by atoms with van der Waals surface area (Å²) in [7, 11) is 0. The van der Waals surface area contributed by atoms with Gasteiger partial charge < -0.3 is 4.90 Å². The van der Waals surface area contributed by atoms with Gasteiger partial charge in [-0.25, -0.2) is 13.8 Å². The first-order valence-corrected chi connectivity index (χ1v) is 6.84. The first-order chi connectivity index (χ1) is 9.74. The molecule has 3 rings (SSSR count). The van der Waals surface area contributed by atoms with Gasteiger partial charge in [0, 0.05) is 24.3 Å². The molecule has 4 heteroatoms. The summed E-state index contributed by atoms with van der Waals surface area (Å²) in [5.74, 6) is 0. The van der Waals surface area contributed by atoms with E-state index in [-0.39, 0.29) is 5.69 Å². The maximum Gasteiger partial charge on any atom is 0.280 e. The van der Waals surface area contributed by atoms with E-state index in [2.05, 4.69) is 9.88 Å². The molecule has 2 nitrogen and oxygen atoms in total. The molecule has 1 fully saturated rings. The van der Waals surface area contributed by atoms with Gasteiger partial charge in [0.15, 0.2) is 0 Å². The average molecular weight is 274 g/mol. The smallest absolute Gasteiger partial charge is 0.280 e. The summed E-state index contributed by atoms with van der Waals surface area (Å²) in [5, 5.41) is 0. The van der Waals surface area contributed by atoms with Crippen molar-refractivity contribution in [1.29, 1.82) is 0 Å². The Bertz CT molecular complexity index is 575. The lowest BCUT2D eigenvalue weighted by Crippen LogP contribution is -2.17. The third kappa shape index (κ3) is 2.64. The number of halogens is 2. The van der Waals surface area contributed by atoms with Gasteiger partial charge in [-0.3, -0.25) is 0 Å². The molecule has 2 heterocycles. The Kier molecular flexibility index (Phi) is 3.63. The Morgan fingerprint density at radius 1 is 0.950 bits per heavy atom. The monoisotopic (exact) mass is 274 g/mol. The number of hydrogen-bond donors (Lipinski definition) is 0. The Hall–Kier alpha value is -1.97. The van der Waals surface area contributed by atoms with Gasteiger partial charge in [-0.15, -0.1) is 0 Å². The van der Waals surface area contributed by atoms with E-state index in [4.69, 9.17) is 0 Å². The molecule has 1 aromatic heterocycles. The average Bonchev–Trinajstić information content (AvgIpc) is 3.02. The van der Waals surface area contributed by atoms with Crippen molar-refractivity contribution in [3.63, 3.8) is 0 Å². The summed E-state index contributed by atoms with van der Waals surface area (Å²) in [4.78, 5) is 6.35. The fraction of sp³-hybridized carbons (Fsp3) is 0.312. The van der Waals surface area contributed by atoms with E-state index < -0.39 is 6.43 Å².